The Bertz CT molecular complexity index is 517. The fraction of sp³-hybridized carbons (Fsp3) is 0.467. The van der Waals surface area contributed by atoms with Crippen molar-refractivity contribution in [3.63, 3.8) is 0 Å². The van der Waals surface area contributed by atoms with Crippen molar-refractivity contribution in [1.82, 2.24) is 4.90 Å². The fourth-order valence-corrected chi connectivity index (χ4v) is 2.33. The first-order valence-electron chi connectivity index (χ1n) is 6.87. The van der Waals surface area contributed by atoms with Gasteiger partial charge in [-0.25, -0.2) is 0 Å². The van der Waals surface area contributed by atoms with Gasteiger partial charge < -0.3 is 19.5 Å². The van der Waals surface area contributed by atoms with Gasteiger partial charge in [-0.05, 0) is 25.0 Å². The molecular formula is C15H19NO5. The number of carbonyl (C=O) groups excluding carboxylic acids is 1. The van der Waals surface area contributed by atoms with Gasteiger partial charge in [0.15, 0.2) is 6.61 Å². The molecule has 1 atom stereocenters. The Hall–Kier alpha value is -2.24. The summed E-state index contributed by atoms with van der Waals surface area (Å²) >= 11 is 0. The van der Waals surface area contributed by atoms with Gasteiger partial charge in [-0.2, -0.15) is 0 Å². The third kappa shape index (κ3) is 4.11. The summed E-state index contributed by atoms with van der Waals surface area (Å²) < 4.78 is 10.5. The monoisotopic (exact) mass is 293 g/mol. The lowest BCUT2D eigenvalue weighted by atomic mass is 9.98. The normalized spacial score (nSPS) is 18.1. The Labute approximate surface area is 123 Å². The molecular weight excluding hydrogens is 274 g/mol. The molecule has 1 aromatic carbocycles. The van der Waals surface area contributed by atoms with E-state index in [2.05, 4.69) is 0 Å². The maximum Gasteiger partial charge on any atom is 0.308 e. The first-order chi connectivity index (χ1) is 10.1. The molecule has 6 nitrogen and oxygen atoms in total. The summed E-state index contributed by atoms with van der Waals surface area (Å²) in [5.74, 6) is -0.303. The smallest absolute Gasteiger partial charge is 0.308 e. The second kappa shape index (κ2) is 6.97. The minimum absolute atomic E-state index is 0.0977. The van der Waals surface area contributed by atoms with Crippen molar-refractivity contribution in [3.05, 3.63) is 24.3 Å². The van der Waals surface area contributed by atoms with Crippen LogP contribution >= 0.6 is 0 Å². The lowest BCUT2D eigenvalue weighted by Crippen LogP contribution is -2.44. The van der Waals surface area contributed by atoms with Gasteiger partial charge in [-0.15, -0.1) is 0 Å². The zero-order chi connectivity index (χ0) is 15.2. The van der Waals surface area contributed by atoms with Crippen molar-refractivity contribution in [2.45, 2.75) is 12.8 Å². The van der Waals surface area contributed by atoms with Crippen LogP contribution in [-0.4, -0.2) is 48.7 Å². The van der Waals surface area contributed by atoms with Crippen LogP contribution in [0.4, 0.5) is 0 Å². The molecule has 0 spiro atoms. The second-order valence-electron chi connectivity index (χ2n) is 4.98. The Balaban J connectivity index is 1.87. The number of carbonyl (C=O) groups is 2. The number of amides is 1. The van der Waals surface area contributed by atoms with E-state index in [1.165, 1.54) is 0 Å². The van der Waals surface area contributed by atoms with E-state index < -0.39 is 11.9 Å². The van der Waals surface area contributed by atoms with E-state index in [-0.39, 0.29) is 19.1 Å². The Morgan fingerprint density at radius 3 is 2.86 bits per heavy atom. The van der Waals surface area contributed by atoms with Crippen LogP contribution in [0.2, 0.25) is 0 Å². The lowest BCUT2D eigenvalue weighted by molar-refractivity contribution is -0.146. The average molecular weight is 293 g/mol. The van der Waals surface area contributed by atoms with E-state index in [1.54, 1.807) is 36.3 Å². The van der Waals surface area contributed by atoms with Crippen molar-refractivity contribution in [3.8, 4) is 11.5 Å². The highest BCUT2D eigenvalue weighted by Gasteiger charge is 2.28. The summed E-state index contributed by atoms with van der Waals surface area (Å²) in [5.41, 5.74) is 0. The molecule has 2 rings (SSSR count). The van der Waals surface area contributed by atoms with Crippen LogP contribution in [0.5, 0.6) is 11.5 Å². The highest BCUT2D eigenvalue weighted by molar-refractivity contribution is 5.79. The molecule has 0 bridgehead atoms. The molecule has 1 amide bonds. The molecule has 1 fully saturated rings. The number of benzene rings is 1. The van der Waals surface area contributed by atoms with Gasteiger partial charge >= 0.3 is 5.97 Å². The topological polar surface area (TPSA) is 76.1 Å². The summed E-state index contributed by atoms with van der Waals surface area (Å²) in [4.78, 5) is 24.6. The van der Waals surface area contributed by atoms with E-state index in [9.17, 15) is 9.59 Å². The number of aliphatic carboxylic acids is 1. The third-order valence-corrected chi connectivity index (χ3v) is 3.53. The minimum atomic E-state index is -0.846. The molecule has 1 N–H and O–H groups in total. The van der Waals surface area contributed by atoms with Gasteiger partial charge in [-0.1, -0.05) is 6.07 Å². The van der Waals surface area contributed by atoms with E-state index >= 15 is 0 Å². The average Bonchev–Trinajstić information content (AvgIpc) is 2.53. The maximum atomic E-state index is 12.1. The Morgan fingerprint density at radius 1 is 1.38 bits per heavy atom. The summed E-state index contributed by atoms with van der Waals surface area (Å²) in [5, 5.41) is 9.02. The molecule has 1 aliphatic heterocycles. The Morgan fingerprint density at radius 2 is 2.14 bits per heavy atom. The molecule has 0 saturated carbocycles. The lowest BCUT2D eigenvalue weighted by Gasteiger charge is -2.30. The molecule has 21 heavy (non-hydrogen) atoms. The molecule has 6 heteroatoms. The van der Waals surface area contributed by atoms with Crippen molar-refractivity contribution in [2.24, 2.45) is 5.92 Å². The van der Waals surface area contributed by atoms with Crippen LogP contribution < -0.4 is 9.47 Å². The molecule has 114 valence electrons. The number of carboxylic acids is 1. The number of nitrogens with zero attached hydrogens (tertiary/aromatic N) is 1. The number of ether oxygens (including phenoxy) is 2. The van der Waals surface area contributed by atoms with Crippen LogP contribution in [0, 0.1) is 5.92 Å². The molecule has 1 unspecified atom stereocenters. The standard InChI is InChI=1S/C15H19NO5/c1-20-12-5-2-6-13(8-12)21-10-14(17)16-7-3-4-11(9-16)15(18)19/h2,5-6,8,11H,3-4,7,9-10H2,1H3,(H,18,19). The second-order valence-corrected chi connectivity index (χ2v) is 4.98. The first-order valence-corrected chi connectivity index (χ1v) is 6.87. The molecule has 1 aromatic rings. The maximum absolute atomic E-state index is 12.1. The van der Waals surface area contributed by atoms with E-state index in [0.29, 0.717) is 30.9 Å². The molecule has 0 aromatic heterocycles. The van der Waals surface area contributed by atoms with Crippen LogP contribution in [0.25, 0.3) is 0 Å². The van der Waals surface area contributed by atoms with Gasteiger partial charge in [0.25, 0.3) is 5.91 Å². The first kappa shape index (κ1) is 15.2. The van der Waals surface area contributed by atoms with Gasteiger partial charge in [0.2, 0.25) is 0 Å². The van der Waals surface area contributed by atoms with Crippen molar-refractivity contribution < 1.29 is 24.2 Å². The van der Waals surface area contributed by atoms with Crippen LogP contribution in [0.15, 0.2) is 24.3 Å². The zero-order valence-electron chi connectivity index (χ0n) is 11.9. The molecule has 0 aliphatic carbocycles. The fourth-order valence-electron chi connectivity index (χ4n) is 2.33. The quantitative estimate of drug-likeness (QED) is 0.888. The number of rotatable bonds is 5. The zero-order valence-corrected chi connectivity index (χ0v) is 11.9. The number of methoxy groups -OCH3 is 1. The summed E-state index contributed by atoms with van der Waals surface area (Å²) in [6.07, 6.45) is 1.33. The van der Waals surface area contributed by atoms with Crippen molar-refractivity contribution in [2.75, 3.05) is 26.8 Å². The molecule has 1 heterocycles. The Kier molecular flexibility index (Phi) is 5.03. The number of carboxylic acid groups (broad SMARTS) is 1. The van der Waals surface area contributed by atoms with Gasteiger partial charge in [0.1, 0.15) is 11.5 Å². The molecule has 0 radical (unpaired) electrons. The summed E-state index contributed by atoms with van der Waals surface area (Å²) in [6.45, 7) is 0.749. The van der Waals surface area contributed by atoms with Crippen LogP contribution in [0.3, 0.4) is 0 Å². The third-order valence-electron chi connectivity index (χ3n) is 3.53. The number of hydrogen-bond acceptors (Lipinski definition) is 4. The predicted octanol–water partition coefficient (Wildman–Crippen LogP) is 1.40. The number of piperidine rings is 1. The number of likely N-dealkylation sites (tertiary alicyclic amines) is 1. The highest BCUT2D eigenvalue weighted by Crippen LogP contribution is 2.20. The van der Waals surface area contributed by atoms with Crippen LogP contribution in [0.1, 0.15) is 12.8 Å². The van der Waals surface area contributed by atoms with E-state index in [1.807, 2.05) is 0 Å². The van der Waals surface area contributed by atoms with E-state index in [4.69, 9.17) is 14.6 Å². The predicted molar refractivity (Wildman–Crippen MR) is 75.4 cm³/mol. The summed E-state index contributed by atoms with van der Waals surface area (Å²) in [6, 6.07) is 7.01. The minimum Gasteiger partial charge on any atom is -0.497 e. The van der Waals surface area contributed by atoms with Crippen molar-refractivity contribution >= 4 is 11.9 Å². The SMILES string of the molecule is COc1cccc(OCC(=O)N2CCCC(C(=O)O)C2)c1. The van der Waals surface area contributed by atoms with Gasteiger partial charge in [0, 0.05) is 19.2 Å². The number of hydrogen-bond donors (Lipinski definition) is 1. The van der Waals surface area contributed by atoms with E-state index in [0.717, 1.165) is 0 Å². The molecule has 1 aliphatic rings. The van der Waals surface area contributed by atoms with Gasteiger partial charge in [0.05, 0.1) is 13.0 Å². The molecule has 1 saturated heterocycles. The van der Waals surface area contributed by atoms with Crippen LogP contribution in [-0.2, 0) is 9.59 Å². The largest absolute Gasteiger partial charge is 0.497 e. The van der Waals surface area contributed by atoms with Gasteiger partial charge in [-0.3, -0.25) is 9.59 Å². The summed E-state index contributed by atoms with van der Waals surface area (Å²) in [7, 11) is 1.56. The highest BCUT2D eigenvalue weighted by atomic mass is 16.5. The van der Waals surface area contributed by atoms with Crippen molar-refractivity contribution in [1.29, 1.82) is 0 Å².